The van der Waals surface area contributed by atoms with Gasteiger partial charge in [0, 0.05) is 69.9 Å². The molecule has 44 heavy (non-hydrogen) atoms. The largest absolute Gasteiger partial charge is 0.361 e. The summed E-state index contributed by atoms with van der Waals surface area (Å²) in [6.45, 7) is 0. The monoisotopic (exact) mass is 572 g/mol. The Morgan fingerprint density at radius 1 is 0.250 bits per heavy atom. The minimum Gasteiger partial charge on any atom is -0.361 e. The Morgan fingerprint density at radius 3 is 0.750 bits per heavy atom. The van der Waals surface area contributed by atoms with Gasteiger partial charge >= 0.3 is 0 Å². The third-order valence-corrected chi connectivity index (χ3v) is 8.37. The average Bonchev–Trinajstić information content (AvgIpc) is 3.90. The van der Waals surface area contributed by atoms with E-state index in [1.807, 2.05) is 49.1 Å². The third kappa shape index (κ3) is 3.85. The van der Waals surface area contributed by atoms with Crippen LogP contribution in [0.25, 0.3) is 22.3 Å². The minimum atomic E-state index is 1.00. The molecule has 0 atom stereocenters. The van der Waals surface area contributed by atoms with E-state index in [1.54, 1.807) is 0 Å². The maximum atomic E-state index is 3.76. The highest BCUT2D eigenvalue weighted by molar-refractivity contribution is 5.83. The molecule has 0 fully saturated rings. The van der Waals surface area contributed by atoms with Crippen LogP contribution in [-0.2, 0) is 0 Å². The normalized spacial score (nSPS) is 13.3. The van der Waals surface area contributed by atoms with Crippen LogP contribution < -0.4 is 21.4 Å². The van der Waals surface area contributed by atoms with E-state index in [9.17, 15) is 0 Å². The molecular formula is C36H28N8. The second-order valence-electron chi connectivity index (χ2n) is 11.0. The highest BCUT2D eigenvalue weighted by atomic mass is 14.8. The molecule has 8 N–H and O–H groups in total. The van der Waals surface area contributed by atoms with Crippen LogP contribution in [0.4, 0.5) is 0 Å². The maximum Gasteiger partial charge on any atom is 0.0501 e. The number of fused-ring (bicyclic) bond motifs is 8. The molecule has 0 saturated heterocycles. The fourth-order valence-corrected chi connectivity index (χ4v) is 6.43. The standard InChI is InChI=1S/C36H28N8/c1-5-21(37-17-1)33-25-9-11-27(41-25)34(22-6-2-18-38-22)29-13-15-31(43-29)36(24-8-4-20-40-24)32-16-14-30(44-32)35(23-7-3-19-39-23)28-12-10-26(33)42-28/h1-20,37-44H. The molecule has 8 heteroatoms. The Hall–Kier alpha value is -6.28. The van der Waals surface area contributed by atoms with Crippen molar-refractivity contribution in [2.75, 3.05) is 0 Å². The lowest BCUT2D eigenvalue weighted by Crippen LogP contribution is -2.19. The highest BCUT2D eigenvalue weighted by Gasteiger charge is 2.18. The molecule has 1 aliphatic heterocycles. The molecule has 0 unspecified atom stereocenters. The Labute approximate surface area is 250 Å². The second kappa shape index (κ2) is 9.64. The number of aromatic amines is 8. The van der Waals surface area contributed by atoms with Gasteiger partial charge in [-0.1, -0.05) is 0 Å². The van der Waals surface area contributed by atoms with E-state index in [4.69, 9.17) is 0 Å². The van der Waals surface area contributed by atoms with Gasteiger partial charge < -0.3 is 39.9 Å². The van der Waals surface area contributed by atoms with Gasteiger partial charge in [-0.25, -0.2) is 0 Å². The molecular weight excluding hydrogens is 544 g/mol. The van der Waals surface area contributed by atoms with Crippen LogP contribution in [0, 0.1) is 0 Å². The second-order valence-corrected chi connectivity index (χ2v) is 11.0. The predicted molar refractivity (Wildman–Crippen MR) is 171 cm³/mol. The first-order chi connectivity index (χ1) is 21.8. The lowest BCUT2D eigenvalue weighted by atomic mass is 10.1. The zero-order valence-electron chi connectivity index (χ0n) is 23.5. The van der Waals surface area contributed by atoms with E-state index in [0.717, 1.165) is 89.2 Å². The topological polar surface area (TPSA) is 126 Å². The fraction of sp³-hybridized carbons (Fsp3) is 0. The molecule has 0 radical (unpaired) electrons. The van der Waals surface area contributed by atoms with E-state index in [2.05, 4.69) is 113 Å². The average molecular weight is 573 g/mol. The Bertz CT molecular complexity index is 2120. The SMILES string of the molecule is c1c[nH]c(C2=c3ccc([nH]3)=C(c3ccc[nH]3)c3ccc([nH]3)C(c3ccc[nH]3)=c3ccc([nH]3)=C(c3ccc[nH]3)c3ccc2[nH]3)c1. The quantitative estimate of drug-likeness (QED) is 0.157. The summed E-state index contributed by atoms with van der Waals surface area (Å²) < 4.78 is 0. The molecule has 8 bridgehead atoms. The van der Waals surface area contributed by atoms with E-state index in [0.29, 0.717) is 0 Å². The van der Waals surface area contributed by atoms with Gasteiger partial charge in [-0.2, -0.15) is 0 Å². The summed E-state index contributed by atoms with van der Waals surface area (Å²) in [6, 6.07) is 33.8. The molecule has 0 saturated carbocycles. The van der Waals surface area contributed by atoms with Crippen molar-refractivity contribution >= 4 is 22.3 Å². The summed E-state index contributed by atoms with van der Waals surface area (Å²) in [6.07, 6.45) is 7.84. The number of hydrogen-bond donors (Lipinski definition) is 8. The molecule has 0 aromatic carbocycles. The molecule has 212 valence electrons. The first-order valence-corrected chi connectivity index (χ1v) is 14.6. The lowest BCUT2D eigenvalue weighted by molar-refractivity contribution is 1.16. The van der Waals surface area contributed by atoms with Gasteiger partial charge in [0.05, 0.1) is 44.2 Å². The molecule has 8 aromatic heterocycles. The van der Waals surface area contributed by atoms with Crippen LogP contribution in [0.1, 0.15) is 45.6 Å². The zero-order valence-corrected chi connectivity index (χ0v) is 23.5. The van der Waals surface area contributed by atoms with Crippen LogP contribution in [0.3, 0.4) is 0 Å². The molecule has 0 spiro atoms. The van der Waals surface area contributed by atoms with Crippen molar-refractivity contribution in [3.63, 3.8) is 0 Å². The number of H-pyrrole nitrogens is 8. The van der Waals surface area contributed by atoms with Gasteiger partial charge in [-0.3, -0.25) is 0 Å². The molecule has 0 aliphatic carbocycles. The number of rotatable bonds is 4. The van der Waals surface area contributed by atoms with Crippen LogP contribution in [-0.4, -0.2) is 39.9 Å². The van der Waals surface area contributed by atoms with Crippen LogP contribution in [0.2, 0.25) is 0 Å². The summed E-state index contributed by atoms with van der Waals surface area (Å²) in [4.78, 5) is 28.8. The molecule has 9 rings (SSSR count). The zero-order chi connectivity index (χ0) is 29.0. The van der Waals surface area contributed by atoms with E-state index >= 15 is 0 Å². The van der Waals surface area contributed by atoms with Crippen LogP contribution in [0.15, 0.2) is 122 Å². The van der Waals surface area contributed by atoms with E-state index < -0.39 is 0 Å². The number of aromatic nitrogens is 8. The first-order valence-electron chi connectivity index (χ1n) is 14.6. The van der Waals surface area contributed by atoms with E-state index in [-0.39, 0.29) is 0 Å². The predicted octanol–water partition coefficient (Wildman–Crippen LogP) is 3.61. The van der Waals surface area contributed by atoms with Crippen LogP contribution >= 0.6 is 0 Å². The van der Waals surface area contributed by atoms with Gasteiger partial charge in [0.2, 0.25) is 0 Å². The summed E-state index contributed by atoms with van der Waals surface area (Å²) in [5, 5.41) is 4.00. The Kier molecular flexibility index (Phi) is 5.33. The molecule has 8 aromatic rings. The van der Waals surface area contributed by atoms with E-state index in [1.165, 1.54) is 0 Å². The molecule has 0 amide bonds. The third-order valence-electron chi connectivity index (χ3n) is 8.37. The van der Waals surface area contributed by atoms with Gasteiger partial charge in [-0.05, 0) is 97.1 Å². The van der Waals surface area contributed by atoms with Crippen molar-refractivity contribution in [3.05, 3.63) is 189 Å². The smallest absolute Gasteiger partial charge is 0.0501 e. The van der Waals surface area contributed by atoms with Gasteiger partial charge in [0.25, 0.3) is 0 Å². The van der Waals surface area contributed by atoms with Crippen molar-refractivity contribution in [3.8, 4) is 0 Å². The van der Waals surface area contributed by atoms with Crippen LogP contribution in [0.5, 0.6) is 0 Å². The molecule has 8 nitrogen and oxygen atoms in total. The maximum absolute atomic E-state index is 3.76. The number of hydrogen-bond acceptors (Lipinski definition) is 0. The van der Waals surface area contributed by atoms with Gasteiger partial charge in [0.15, 0.2) is 0 Å². The van der Waals surface area contributed by atoms with Gasteiger partial charge in [0.1, 0.15) is 0 Å². The van der Waals surface area contributed by atoms with Crippen molar-refractivity contribution in [2.45, 2.75) is 0 Å². The minimum absolute atomic E-state index is 1.00. The van der Waals surface area contributed by atoms with Crippen molar-refractivity contribution in [2.24, 2.45) is 0 Å². The summed E-state index contributed by atoms with van der Waals surface area (Å²) in [5.74, 6) is 0. The van der Waals surface area contributed by atoms with Crippen molar-refractivity contribution < 1.29 is 0 Å². The summed E-state index contributed by atoms with van der Waals surface area (Å²) >= 11 is 0. The molecule has 9 heterocycles. The van der Waals surface area contributed by atoms with Crippen molar-refractivity contribution in [1.82, 2.24) is 39.9 Å². The summed E-state index contributed by atoms with van der Waals surface area (Å²) in [5.41, 5.74) is 12.3. The first kappa shape index (κ1) is 24.3. The van der Waals surface area contributed by atoms with Crippen molar-refractivity contribution in [1.29, 1.82) is 0 Å². The number of nitrogens with one attached hydrogen (secondary N) is 8. The Morgan fingerprint density at radius 2 is 0.523 bits per heavy atom. The highest BCUT2D eigenvalue weighted by Crippen LogP contribution is 2.26. The molecule has 1 aliphatic rings. The van der Waals surface area contributed by atoms with Gasteiger partial charge in [-0.15, -0.1) is 0 Å². The Balaban J connectivity index is 1.44. The fourth-order valence-electron chi connectivity index (χ4n) is 6.43. The summed E-state index contributed by atoms with van der Waals surface area (Å²) in [7, 11) is 0. The lowest BCUT2D eigenvalue weighted by Gasteiger charge is -2.07.